The SMILES string of the molecule is COC(=O)C(Cc1ccccc1)NC(=O)CCC(=O)NCCC(C)C. The Morgan fingerprint density at radius 3 is 2.28 bits per heavy atom. The van der Waals surface area contributed by atoms with Gasteiger partial charge < -0.3 is 15.4 Å². The third-order valence-electron chi connectivity index (χ3n) is 3.73. The van der Waals surface area contributed by atoms with E-state index in [2.05, 4.69) is 24.5 Å². The lowest BCUT2D eigenvalue weighted by atomic mass is 10.1. The maximum atomic E-state index is 12.1. The first-order valence-electron chi connectivity index (χ1n) is 8.60. The number of hydrogen-bond acceptors (Lipinski definition) is 4. The standard InChI is InChI=1S/C19H28N2O4/c1-14(2)11-12-20-17(22)9-10-18(23)21-16(19(24)25-3)13-15-7-5-4-6-8-15/h4-8,14,16H,9-13H2,1-3H3,(H,20,22)(H,21,23). The fourth-order valence-electron chi connectivity index (χ4n) is 2.27. The largest absolute Gasteiger partial charge is 0.467 e. The molecular weight excluding hydrogens is 320 g/mol. The quantitative estimate of drug-likeness (QED) is 0.632. The van der Waals surface area contributed by atoms with E-state index in [0.717, 1.165) is 12.0 Å². The zero-order valence-corrected chi connectivity index (χ0v) is 15.2. The smallest absolute Gasteiger partial charge is 0.328 e. The maximum Gasteiger partial charge on any atom is 0.328 e. The van der Waals surface area contributed by atoms with Gasteiger partial charge in [-0.1, -0.05) is 44.2 Å². The monoisotopic (exact) mass is 348 g/mol. The van der Waals surface area contributed by atoms with E-state index in [9.17, 15) is 14.4 Å². The second kappa shape index (κ2) is 11.2. The lowest BCUT2D eigenvalue weighted by molar-refractivity contribution is -0.145. The van der Waals surface area contributed by atoms with Crippen LogP contribution in [0.3, 0.4) is 0 Å². The minimum absolute atomic E-state index is 0.0375. The molecule has 2 amide bonds. The van der Waals surface area contributed by atoms with Gasteiger partial charge in [-0.2, -0.15) is 0 Å². The van der Waals surface area contributed by atoms with Crippen LogP contribution < -0.4 is 10.6 Å². The molecule has 0 spiro atoms. The van der Waals surface area contributed by atoms with Gasteiger partial charge in [-0.05, 0) is 17.9 Å². The predicted octanol–water partition coefficient (Wildman–Crippen LogP) is 1.83. The van der Waals surface area contributed by atoms with Crippen molar-refractivity contribution in [1.29, 1.82) is 0 Å². The van der Waals surface area contributed by atoms with Gasteiger partial charge >= 0.3 is 5.97 Å². The molecule has 1 atom stereocenters. The molecule has 25 heavy (non-hydrogen) atoms. The van der Waals surface area contributed by atoms with E-state index >= 15 is 0 Å². The lowest BCUT2D eigenvalue weighted by Crippen LogP contribution is -2.43. The molecule has 0 aliphatic rings. The van der Waals surface area contributed by atoms with E-state index in [1.165, 1.54) is 7.11 Å². The van der Waals surface area contributed by atoms with E-state index < -0.39 is 12.0 Å². The number of carbonyl (C=O) groups excluding carboxylic acids is 3. The number of rotatable bonds is 10. The van der Waals surface area contributed by atoms with E-state index in [0.29, 0.717) is 18.9 Å². The Bertz CT molecular complexity index is 558. The van der Waals surface area contributed by atoms with Crippen molar-refractivity contribution in [2.75, 3.05) is 13.7 Å². The molecule has 0 aliphatic heterocycles. The molecule has 0 aromatic heterocycles. The average Bonchev–Trinajstić information content (AvgIpc) is 2.59. The van der Waals surface area contributed by atoms with Gasteiger partial charge in [-0.25, -0.2) is 4.79 Å². The molecule has 6 nitrogen and oxygen atoms in total. The summed E-state index contributed by atoms with van der Waals surface area (Å²) in [5.74, 6) is -0.486. The van der Waals surface area contributed by atoms with Gasteiger partial charge in [-0.3, -0.25) is 9.59 Å². The van der Waals surface area contributed by atoms with Crippen molar-refractivity contribution in [2.24, 2.45) is 5.92 Å². The van der Waals surface area contributed by atoms with Crippen molar-refractivity contribution in [2.45, 2.75) is 45.6 Å². The van der Waals surface area contributed by atoms with Crippen LogP contribution in [-0.2, 0) is 25.5 Å². The summed E-state index contributed by atoms with van der Waals surface area (Å²) < 4.78 is 4.75. The summed E-state index contributed by atoms with van der Waals surface area (Å²) in [4.78, 5) is 35.6. The van der Waals surface area contributed by atoms with Gasteiger partial charge in [0.1, 0.15) is 6.04 Å². The summed E-state index contributed by atoms with van der Waals surface area (Å²) in [7, 11) is 1.29. The summed E-state index contributed by atoms with van der Waals surface area (Å²) in [5, 5.41) is 5.44. The van der Waals surface area contributed by atoms with Crippen LogP contribution in [0.15, 0.2) is 30.3 Å². The van der Waals surface area contributed by atoms with Gasteiger partial charge in [0.25, 0.3) is 0 Å². The Hall–Kier alpha value is -2.37. The van der Waals surface area contributed by atoms with Crippen LogP contribution in [0.2, 0.25) is 0 Å². The van der Waals surface area contributed by atoms with Gasteiger partial charge in [0.05, 0.1) is 7.11 Å². The Balaban J connectivity index is 2.44. The Morgan fingerprint density at radius 1 is 1.04 bits per heavy atom. The molecule has 6 heteroatoms. The summed E-state index contributed by atoms with van der Waals surface area (Å²) >= 11 is 0. The predicted molar refractivity (Wildman–Crippen MR) is 95.8 cm³/mol. The molecule has 138 valence electrons. The van der Waals surface area contributed by atoms with Crippen LogP contribution in [0.5, 0.6) is 0 Å². The van der Waals surface area contributed by atoms with Gasteiger partial charge in [-0.15, -0.1) is 0 Å². The second-order valence-electron chi connectivity index (χ2n) is 6.37. The number of hydrogen-bond donors (Lipinski definition) is 2. The number of carbonyl (C=O) groups is 3. The van der Waals surface area contributed by atoms with E-state index in [1.54, 1.807) is 0 Å². The topological polar surface area (TPSA) is 84.5 Å². The first kappa shape index (κ1) is 20.7. The van der Waals surface area contributed by atoms with Gasteiger partial charge in [0, 0.05) is 25.8 Å². The van der Waals surface area contributed by atoms with Crippen LogP contribution in [0.1, 0.15) is 38.7 Å². The molecule has 1 aromatic rings. The average molecular weight is 348 g/mol. The molecular formula is C19H28N2O4. The molecule has 0 saturated heterocycles. The fraction of sp³-hybridized carbons (Fsp3) is 0.526. The summed E-state index contributed by atoms with van der Waals surface area (Å²) in [5.41, 5.74) is 0.921. The first-order valence-corrected chi connectivity index (χ1v) is 8.60. The molecule has 2 N–H and O–H groups in total. The normalized spacial score (nSPS) is 11.7. The summed E-state index contributed by atoms with van der Waals surface area (Å²) in [6.07, 6.45) is 1.39. The minimum atomic E-state index is -0.760. The zero-order valence-electron chi connectivity index (χ0n) is 15.2. The molecule has 0 heterocycles. The molecule has 1 aromatic carbocycles. The number of esters is 1. The molecule has 0 saturated carbocycles. The molecule has 0 aliphatic carbocycles. The highest BCUT2D eigenvalue weighted by Crippen LogP contribution is 2.05. The van der Waals surface area contributed by atoms with Crippen LogP contribution in [-0.4, -0.2) is 37.5 Å². The van der Waals surface area contributed by atoms with Crippen LogP contribution in [0, 0.1) is 5.92 Å². The van der Waals surface area contributed by atoms with Crippen molar-refractivity contribution < 1.29 is 19.1 Å². The number of ether oxygens (including phenoxy) is 1. The summed E-state index contributed by atoms with van der Waals surface area (Å²) in [6.45, 7) is 4.77. The van der Waals surface area contributed by atoms with Crippen molar-refractivity contribution in [3.8, 4) is 0 Å². The Kier molecular flexibility index (Phi) is 9.29. The highest BCUT2D eigenvalue weighted by atomic mass is 16.5. The highest BCUT2D eigenvalue weighted by Gasteiger charge is 2.22. The third-order valence-corrected chi connectivity index (χ3v) is 3.73. The van der Waals surface area contributed by atoms with Gasteiger partial charge in [0.2, 0.25) is 11.8 Å². The van der Waals surface area contributed by atoms with E-state index in [4.69, 9.17) is 4.74 Å². The molecule has 1 unspecified atom stereocenters. The zero-order chi connectivity index (χ0) is 18.7. The van der Waals surface area contributed by atoms with Crippen molar-refractivity contribution in [3.05, 3.63) is 35.9 Å². The number of methoxy groups -OCH3 is 1. The van der Waals surface area contributed by atoms with Crippen molar-refractivity contribution in [3.63, 3.8) is 0 Å². The minimum Gasteiger partial charge on any atom is -0.467 e. The molecule has 0 radical (unpaired) electrons. The maximum absolute atomic E-state index is 12.1. The molecule has 1 rings (SSSR count). The lowest BCUT2D eigenvalue weighted by Gasteiger charge is -2.16. The third kappa shape index (κ3) is 8.88. The fourth-order valence-corrected chi connectivity index (χ4v) is 2.27. The van der Waals surface area contributed by atoms with Crippen LogP contribution in [0.25, 0.3) is 0 Å². The summed E-state index contributed by atoms with van der Waals surface area (Å²) in [6, 6.07) is 8.62. The van der Waals surface area contributed by atoms with Crippen LogP contribution in [0.4, 0.5) is 0 Å². The number of nitrogens with one attached hydrogen (secondary N) is 2. The molecule has 0 bridgehead atoms. The van der Waals surface area contributed by atoms with Gasteiger partial charge in [0.15, 0.2) is 0 Å². The van der Waals surface area contributed by atoms with E-state index in [1.807, 2.05) is 30.3 Å². The number of amides is 2. The van der Waals surface area contributed by atoms with Crippen LogP contribution >= 0.6 is 0 Å². The van der Waals surface area contributed by atoms with E-state index in [-0.39, 0.29) is 24.7 Å². The van der Waals surface area contributed by atoms with Crippen molar-refractivity contribution >= 4 is 17.8 Å². The Labute approximate surface area is 149 Å². The van der Waals surface area contributed by atoms with Crippen molar-refractivity contribution in [1.82, 2.24) is 10.6 Å². The Morgan fingerprint density at radius 2 is 1.68 bits per heavy atom. The second-order valence-corrected chi connectivity index (χ2v) is 6.37. The number of benzene rings is 1. The molecule has 0 fully saturated rings. The highest BCUT2D eigenvalue weighted by molar-refractivity contribution is 5.87. The first-order chi connectivity index (χ1) is 11.9.